The van der Waals surface area contributed by atoms with E-state index in [2.05, 4.69) is 31.2 Å². The minimum atomic E-state index is -0.329. The molecule has 3 N–H and O–H groups in total. The maximum absolute atomic E-state index is 11.7. The molecule has 0 saturated heterocycles. The highest BCUT2D eigenvalue weighted by Gasteiger charge is 2.33. The summed E-state index contributed by atoms with van der Waals surface area (Å²) in [5.41, 5.74) is 6.92. The Morgan fingerprint density at radius 2 is 2.14 bits per heavy atom. The van der Waals surface area contributed by atoms with Crippen LogP contribution in [0.25, 0.3) is 0 Å². The first-order chi connectivity index (χ1) is 10.2. The number of nitrogens with zero attached hydrogens (tertiary/aromatic N) is 2. The molecule has 1 aliphatic rings. The second-order valence-corrected chi connectivity index (χ2v) is 7.41. The van der Waals surface area contributed by atoms with Crippen molar-refractivity contribution in [1.29, 1.82) is 0 Å². The Morgan fingerprint density at radius 3 is 2.73 bits per heavy atom. The summed E-state index contributed by atoms with van der Waals surface area (Å²) < 4.78 is 7.50. The molecular formula is C16H28N4O2. The standard InChI is InChI=1S/C16H28N4O2/c1-10(2)18-15(21)22-12-7-6-11(8-12)13-9-14(17)19-20(13)16(3,4)5/h9-12H,6-8H2,1-5H3,(H2,17,19)(H,18,21)/t11-,12+/m0/s1. The number of carbonyl (C=O) groups excluding carboxylic acids is 1. The molecule has 1 heterocycles. The summed E-state index contributed by atoms with van der Waals surface area (Å²) in [6, 6.07) is 2.04. The minimum absolute atomic E-state index is 0.0340. The molecule has 1 saturated carbocycles. The van der Waals surface area contributed by atoms with Gasteiger partial charge in [0.25, 0.3) is 0 Å². The Hall–Kier alpha value is -1.72. The van der Waals surface area contributed by atoms with Gasteiger partial charge in [0.15, 0.2) is 0 Å². The summed E-state index contributed by atoms with van der Waals surface area (Å²) in [5.74, 6) is 0.882. The van der Waals surface area contributed by atoms with Crippen molar-refractivity contribution in [3.63, 3.8) is 0 Å². The first-order valence-corrected chi connectivity index (χ1v) is 8.00. The molecule has 6 heteroatoms. The molecule has 0 aromatic carbocycles. The third-order valence-corrected chi connectivity index (χ3v) is 3.87. The average Bonchev–Trinajstić information content (AvgIpc) is 2.93. The van der Waals surface area contributed by atoms with Crippen LogP contribution in [-0.4, -0.2) is 28.0 Å². The largest absolute Gasteiger partial charge is 0.446 e. The van der Waals surface area contributed by atoms with Crippen molar-refractivity contribution in [3.8, 4) is 0 Å². The van der Waals surface area contributed by atoms with Crippen LogP contribution in [0.3, 0.4) is 0 Å². The number of nitrogen functional groups attached to an aromatic ring is 1. The zero-order valence-corrected chi connectivity index (χ0v) is 14.2. The number of nitrogens with two attached hydrogens (primary N) is 1. The van der Waals surface area contributed by atoms with Crippen molar-refractivity contribution in [2.45, 2.75) is 77.5 Å². The molecule has 1 aromatic rings. The van der Waals surface area contributed by atoms with Gasteiger partial charge in [0.2, 0.25) is 0 Å². The number of hydrogen-bond acceptors (Lipinski definition) is 4. The smallest absolute Gasteiger partial charge is 0.407 e. The maximum Gasteiger partial charge on any atom is 0.407 e. The summed E-state index contributed by atoms with van der Waals surface area (Å²) in [7, 11) is 0. The highest BCUT2D eigenvalue weighted by atomic mass is 16.6. The molecule has 22 heavy (non-hydrogen) atoms. The molecule has 0 aliphatic heterocycles. The number of alkyl carbamates (subject to hydrolysis) is 1. The third-order valence-electron chi connectivity index (χ3n) is 3.87. The molecule has 0 spiro atoms. The van der Waals surface area contributed by atoms with E-state index in [1.165, 1.54) is 0 Å². The number of anilines is 1. The van der Waals surface area contributed by atoms with Crippen molar-refractivity contribution in [1.82, 2.24) is 15.1 Å². The fourth-order valence-electron chi connectivity index (χ4n) is 2.98. The van der Waals surface area contributed by atoms with E-state index in [4.69, 9.17) is 10.5 Å². The van der Waals surface area contributed by atoms with Crippen LogP contribution < -0.4 is 11.1 Å². The number of hydrogen-bond donors (Lipinski definition) is 2. The Kier molecular flexibility index (Phi) is 4.68. The number of carbonyl (C=O) groups is 1. The Bertz CT molecular complexity index is 531. The normalized spacial score (nSPS) is 22.1. The average molecular weight is 308 g/mol. The van der Waals surface area contributed by atoms with Crippen LogP contribution in [0.5, 0.6) is 0 Å². The van der Waals surface area contributed by atoms with E-state index in [9.17, 15) is 4.79 Å². The molecule has 124 valence electrons. The van der Waals surface area contributed by atoms with Crippen molar-refractivity contribution in [2.75, 3.05) is 5.73 Å². The molecule has 6 nitrogen and oxygen atoms in total. The molecule has 2 atom stereocenters. The summed E-state index contributed by atoms with van der Waals surface area (Å²) in [5, 5.41) is 7.19. The first-order valence-electron chi connectivity index (χ1n) is 8.00. The topological polar surface area (TPSA) is 82.2 Å². The fraction of sp³-hybridized carbons (Fsp3) is 0.750. The summed E-state index contributed by atoms with van der Waals surface area (Å²) in [6.45, 7) is 10.2. The predicted molar refractivity (Wildman–Crippen MR) is 86.8 cm³/mol. The maximum atomic E-state index is 11.7. The van der Waals surface area contributed by atoms with Gasteiger partial charge in [-0.2, -0.15) is 5.10 Å². The summed E-state index contributed by atoms with van der Waals surface area (Å²) >= 11 is 0. The van der Waals surface area contributed by atoms with Gasteiger partial charge in [-0.05, 0) is 53.9 Å². The Balaban J connectivity index is 2.03. The zero-order chi connectivity index (χ0) is 16.5. The lowest BCUT2D eigenvalue weighted by atomic mass is 10.0. The van der Waals surface area contributed by atoms with Crippen LogP contribution >= 0.6 is 0 Å². The Labute approximate surface area is 132 Å². The second kappa shape index (κ2) is 6.18. The quantitative estimate of drug-likeness (QED) is 0.899. The van der Waals surface area contributed by atoms with Gasteiger partial charge in [0, 0.05) is 23.7 Å². The lowest BCUT2D eigenvalue weighted by molar-refractivity contribution is 0.0979. The number of rotatable bonds is 3. The van der Waals surface area contributed by atoms with E-state index in [1.807, 2.05) is 24.6 Å². The number of nitrogens with one attached hydrogen (secondary N) is 1. The van der Waals surface area contributed by atoms with E-state index in [-0.39, 0.29) is 23.8 Å². The van der Waals surface area contributed by atoms with Crippen molar-refractivity contribution < 1.29 is 9.53 Å². The molecule has 2 rings (SSSR count). The first kappa shape index (κ1) is 16.6. The van der Waals surface area contributed by atoms with Crippen molar-refractivity contribution in [2.24, 2.45) is 0 Å². The minimum Gasteiger partial charge on any atom is -0.446 e. The fourth-order valence-corrected chi connectivity index (χ4v) is 2.98. The predicted octanol–water partition coefficient (Wildman–Crippen LogP) is 2.99. The van der Waals surface area contributed by atoms with Crippen molar-refractivity contribution in [3.05, 3.63) is 11.8 Å². The number of amides is 1. The summed E-state index contributed by atoms with van der Waals surface area (Å²) in [6.07, 6.45) is 2.33. The van der Waals surface area contributed by atoms with Gasteiger partial charge in [-0.25, -0.2) is 4.79 Å². The molecule has 1 aliphatic carbocycles. The van der Waals surface area contributed by atoms with Crippen LogP contribution in [0.1, 0.15) is 65.5 Å². The SMILES string of the molecule is CC(C)NC(=O)O[C@@H]1CC[C@H](c2cc(N)nn2C(C)(C)C)C1. The van der Waals surface area contributed by atoms with Crippen LogP contribution in [0.4, 0.5) is 10.6 Å². The molecule has 0 bridgehead atoms. The van der Waals surface area contributed by atoms with Crippen LogP contribution in [-0.2, 0) is 10.3 Å². The molecule has 1 amide bonds. The van der Waals surface area contributed by atoms with Crippen LogP contribution in [0.2, 0.25) is 0 Å². The zero-order valence-electron chi connectivity index (χ0n) is 14.2. The number of ether oxygens (including phenoxy) is 1. The van der Waals surface area contributed by atoms with Gasteiger partial charge in [-0.15, -0.1) is 0 Å². The highest BCUT2D eigenvalue weighted by molar-refractivity contribution is 5.67. The lowest BCUT2D eigenvalue weighted by Crippen LogP contribution is -2.33. The van der Waals surface area contributed by atoms with Crippen LogP contribution in [0, 0.1) is 0 Å². The van der Waals surface area contributed by atoms with Crippen molar-refractivity contribution >= 4 is 11.9 Å². The molecular weight excluding hydrogens is 280 g/mol. The van der Waals surface area contributed by atoms with Gasteiger partial charge in [-0.3, -0.25) is 4.68 Å². The van der Waals surface area contributed by atoms with E-state index < -0.39 is 0 Å². The van der Waals surface area contributed by atoms with Gasteiger partial charge in [-0.1, -0.05) is 0 Å². The van der Waals surface area contributed by atoms with Crippen LogP contribution in [0.15, 0.2) is 6.07 Å². The highest BCUT2D eigenvalue weighted by Crippen LogP contribution is 2.38. The molecule has 1 aromatic heterocycles. The second-order valence-electron chi connectivity index (χ2n) is 7.41. The van der Waals surface area contributed by atoms with Gasteiger partial charge in [0.1, 0.15) is 11.9 Å². The van der Waals surface area contributed by atoms with Gasteiger partial charge >= 0.3 is 6.09 Å². The molecule has 0 radical (unpaired) electrons. The Morgan fingerprint density at radius 1 is 1.45 bits per heavy atom. The van der Waals surface area contributed by atoms with E-state index >= 15 is 0 Å². The molecule has 1 fully saturated rings. The van der Waals surface area contributed by atoms with E-state index in [0.29, 0.717) is 11.7 Å². The van der Waals surface area contributed by atoms with Gasteiger partial charge < -0.3 is 15.8 Å². The van der Waals surface area contributed by atoms with E-state index in [0.717, 1.165) is 25.0 Å². The summed E-state index contributed by atoms with van der Waals surface area (Å²) in [4.78, 5) is 11.7. The van der Waals surface area contributed by atoms with E-state index in [1.54, 1.807) is 0 Å². The lowest BCUT2D eigenvalue weighted by Gasteiger charge is -2.24. The number of aromatic nitrogens is 2. The van der Waals surface area contributed by atoms with Gasteiger partial charge in [0.05, 0.1) is 5.54 Å². The molecule has 0 unspecified atom stereocenters. The third kappa shape index (κ3) is 3.93. The monoisotopic (exact) mass is 308 g/mol.